The zero-order valence-corrected chi connectivity index (χ0v) is 16.3. The molecule has 0 atom stereocenters. The van der Waals surface area contributed by atoms with Crippen molar-refractivity contribution in [2.45, 2.75) is 13.5 Å². The van der Waals surface area contributed by atoms with Gasteiger partial charge in [-0.1, -0.05) is 17.7 Å². The number of halogens is 3. The normalized spacial score (nSPS) is 10.7. The number of rotatable bonds is 7. The van der Waals surface area contributed by atoms with Crippen molar-refractivity contribution in [3.63, 3.8) is 0 Å². The van der Waals surface area contributed by atoms with Crippen molar-refractivity contribution in [1.29, 1.82) is 0 Å². The number of hydrogen-bond donors (Lipinski definition) is 1. The first-order valence-corrected chi connectivity index (χ1v) is 8.90. The second kappa shape index (κ2) is 9.31. The van der Waals surface area contributed by atoms with Gasteiger partial charge in [-0.15, -0.1) is 0 Å². The van der Waals surface area contributed by atoms with Crippen LogP contribution in [0.25, 0.3) is 5.82 Å². The molecule has 3 rings (SSSR count). The van der Waals surface area contributed by atoms with Crippen LogP contribution in [0.3, 0.4) is 0 Å². The first kappa shape index (κ1) is 21.2. The Kier molecular flexibility index (Phi) is 6.58. The minimum Gasteiger partial charge on any atom is -0.452 e. The molecule has 156 valence electrons. The summed E-state index contributed by atoms with van der Waals surface area (Å²) in [4.78, 5) is 28.5. The van der Waals surface area contributed by atoms with Gasteiger partial charge in [-0.05, 0) is 37.3 Å². The number of hydrogen-bond acceptors (Lipinski definition) is 6. The van der Waals surface area contributed by atoms with Gasteiger partial charge in [-0.2, -0.15) is 13.9 Å². The van der Waals surface area contributed by atoms with Crippen LogP contribution in [0.1, 0.15) is 16.1 Å². The number of carbonyl (C=O) groups excluding carboxylic acids is 2. The number of anilines is 1. The minimum absolute atomic E-state index is 0.109. The first-order chi connectivity index (χ1) is 14.3. The minimum atomic E-state index is -3.02. The van der Waals surface area contributed by atoms with Crippen LogP contribution in [0.5, 0.6) is 5.75 Å². The molecule has 11 heteroatoms. The number of nitrogens with zero attached hydrogens (tertiary/aromatic N) is 3. The SMILES string of the molecule is Cc1c(C(=O)OCC(=O)Nc2ccc(OC(F)F)c(Cl)c2)cnn1-c1ccccn1. The Morgan fingerprint density at radius 3 is 2.73 bits per heavy atom. The topological polar surface area (TPSA) is 95.3 Å². The molecule has 0 aliphatic heterocycles. The van der Waals surface area contributed by atoms with E-state index in [-0.39, 0.29) is 22.0 Å². The molecule has 30 heavy (non-hydrogen) atoms. The molecule has 8 nitrogen and oxygen atoms in total. The summed E-state index contributed by atoms with van der Waals surface area (Å²) in [5.74, 6) is -1.07. The van der Waals surface area contributed by atoms with Gasteiger partial charge in [0, 0.05) is 11.9 Å². The van der Waals surface area contributed by atoms with E-state index in [4.69, 9.17) is 16.3 Å². The van der Waals surface area contributed by atoms with Gasteiger partial charge >= 0.3 is 12.6 Å². The maximum Gasteiger partial charge on any atom is 0.387 e. The Morgan fingerprint density at radius 1 is 1.27 bits per heavy atom. The van der Waals surface area contributed by atoms with Gasteiger partial charge in [0.25, 0.3) is 5.91 Å². The van der Waals surface area contributed by atoms with Crippen LogP contribution >= 0.6 is 11.6 Å². The highest BCUT2D eigenvalue weighted by molar-refractivity contribution is 6.32. The largest absolute Gasteiger partial charge is 0.452 e. The molecule has 0 saturated heterocycles. The van der Waals surface area contributed by atoms with E-state index < -0.39 is 25.1 Å². The number of esters is 1. The Hall–Kier alpha value is -3.53. The third-order valence-electron chi connectivity index (χ3n) is 3.86. The summed E-state index contributed by atoms with van der Waals surface area (Å²) in [5.41, 5.74) is 0.910. The highest BCUT2D eigenvalue weighted by Gasteiger charge is 2.18. The van der Waals surface area contributed by atoms with Crippen LogP contribution in [0.4, 0.5) is 14.5 Å². The number of alkyl halides is 2. The number of benzene rings is 1. The van der Waals surface area contributed by atoms with Crippen molar-refractivity contribution in [2.75, 3.05) is 11.9 Å². The van der Waals surface area contributed by atoms with Crippen LogP contribution in [-0.2, 0) is 9.53 Å². The van der Waals surface area contributed by atoms with Crippen LogP contribution in [0.2, 0.25) is 5.02 Å². The number of carbonyl (C=O) groups is 2. The van der Waals surface area contributed by atoms with Gasteiger partial charge in [0.05, 0.1) is 16.9 Å². The third kappa shape index (κ3) is 5.09. The van der Waals surface area contributed by atoms with Crippen molar-refractivity contribution in [1.82, 2.24) is 14.8 Å². The second-order valence-corrected chi connectivity index (χ2v) is 6.30. The second-order valence-electron chi connectivity index (χ2n) is 5.89. The standard InChI is InChI=1S/C19H15ClF2N4O4/c1-11-13(9-24-26(11)16-4-2-3-7-23-16)18(28)29-10-17(27)25-12-5-6-15(14(20)8-12)30-19(21)22/h2-9,19H,10H2,1H3,(H,25,27). The summed E-state index contributed by atoms with van der Waals surface area (Å²) in [6, 6.07) is 9.01. The van der Waals surface area contributed by atoms with E-state index in [1.807, 2.05) is 0 Å². The summed E-state index contributed by atoms with van der Waals surface area (Å²) in [6.45, 7) is -1.92. The molecular weight excluding hydrogens is 422 g/mol. The number of amides is 1. The smallest absolute Gasteiger partial charge is 0.387 e. The van der Waals surface area contributed by atoms with E-state index >= 15 is 0 Å². The molecule has 0 saturated carbocycles. The predicted molar refractivity (Wildman–Crippen MR) is 103 cm³/mol. The van der Waals surface area contributed by atoms with E-state index in [2.05, 4.69) is 20.1 Å². The number of aromatic nitrogens is 3. The lowest BCUT2D eigenvalue weighted by Gasteiger charge is -2.10. The third-order valence-corrected chi connectivity index (χ3v) is 4.16. The highest BCUT2D eigenvalue weighted by atomic mass is 35.5. The first-order valence-electron chi connectivity index (χ1n) is 8.52. The van der Waals surface area contributed by atoms with Crippen LogP contribution in [0.15, 0.2) is 48.8 Å². The molecule has 1 aromatic carbocycles. The lowest BCUT2D eigenvalue weighted by molar-refractivity contribution is -0.119. The molecule has 3 aromatic rings. The van der Waals surface area contributed by atoms with Gasteiger partial charge in [-0.3, -0.25) is 4.79 Å². The fraction of sp³-hybridized carbons (Fsp3) is 0.158. The molecule has 0 fully saturated rings. The van der Waals surface area contributed by atoms with Crippen LogP contribution < -0.4 is 10.1 Å². The molecule has 0 aliphatic carbocycles. The maximum absolute atomic E-state index is 12.3. The number of nitrogens with one attached hydrogen (secondary N) is 1. The van der Waals surface area contributed by atoms with Gasteiger partial charge in [0.1, 0.15) is 11.3 Å². The van der Waals surface area contributed by atoms with Crippen molar-refractivity contribution < 1.29 is 27.8 Å². The Bertz CT molecular complexity index is 1060. The van der Waals surface area contributed by atoms with Crippen molar-refractivity contribution in [3.05, 3.63) is 65.1 Å². The quantitative estimate of drug-likeness (QED) is 0.568. The average molecular weight is 437 g/mol. The van der Waals surface area contributed by atoms with E-state index in [0.29, 0.717) is 11.5 Å². The summed E-state index contributed by atoms with van der Waals surface area (Å²) >= 11 is 5.83. The number of pyridine rings is 1. The molecular formula is C19H15ClF2N4O4. The molecule has 0 unspecified atom stereocenters. The highest BCUT2D eigenvalue weighted by Crippen LogP contribution is 2.28. The van der Waals surface area contributed by atoms with Crippen molar-refractivity contribution in [3.8, 4) is 11.6 Å². The molecule has 0 bridgehead atoms. The van der Waals surface area contributed by atoms with Crippen LogP contribution in [0, 0.1) is 6.92 Å². The lowest BCUT2D eigenvalue weighted by atomic mass is 10.2. The number of ether oxygens (including phenoxy) is 2. The fourth-order valence-electron chi connectivity index (χ4n) is 2.50. The van der Waals surface area contributed by atoms with Crippen molar-refractivity contribution >= 4 is 29.2 Å². The van der Waals surface area contributed by atoms with Crippen LogP contribution in [-0.4, -0.2) is 39.9 Å². The molecule has 0 spiro atoms. The Balaban J connectivity index is 1.58. The predicted octanol–water partition coefficient (Wildman–Crippen LogP) is 3.63. The monoisotopic (exact) mass is 436 g/mol. The Labute approximate surface area is 174 Å². The van der Waals surface area contributed by atoms with Gasteiger partial charge < -0.3 is 14.8 Å². The lowest BCUT2D eigenvalue weighted by Crippen LogP contribution is -2.21. The molecule has 1 N–H and O–H groups in total. The average Bonchev–Trinajstić information content (AvgIpc) is 3.10. The van der Waals surface area contributed by atoms with Gasteiger partial charge in [0.15, 0.2) is 12.4 Å². The van der Waals surface area contributed by atoms with E-state index in [0.717, 1.165) is 0 Å². The van der Waals surface area contributed by atoms with Crippen molar-refractivity contribution in [2.24, 2.45) is 0 Å². The van der Waals surface area contributed by atoms with Gasteiger partial charge in [-0.25, -0.2) is 14.5 Å². The zero-order valence-electron chi connectivity index (χ0n) is 15.5. The molecule has 1 amide bonds. The fourth-order valence-corrected chi connectivity index (χ4v) is 2.72. The van der Waals surface area contributed by atoms with Gasteiger partial charge in [0.2, 0.25) is 0 Å². The molecule has 2 heterocycles. The van der Waals surface area contributed by atoms with E-state index in [1.54, 1.807) is 31.3 Å². The summed E-state index contributed by atoms with van der Waals surface area (Å²) in [7, 11) is 0. The summed E-state index contributed by atoms with van der Waals surface area (Å²) in [5, 5.41) is 6.45. The zero-order chi connectivity index (χ0) is 21.7. The van der Waals surface area contributed by atoms with E-state index in [9.17, 15) is 18.4 Å². The van der Waals surface area contributed by atoms with E-state index in [1.165, 1.54) is 29.1 Å². The maximum atomic E-state index is 12.3. The molecule has 0 radical (unpaired) electrons. The summed E-state index contributed by atoms with van der Waals surface area (Å²) < 4.78 is 35.2. The Morgan fingerprint density at radius 2 is 2.07 bits per heavy atom. The molecule has 2 aromatic heterocycles. The summed E-state index contributed by atoms with van der Waals surface area (Å²) in [6.07, 6.45) is 2.92. The molecule has 0 aliphatic rings.